The van der Waals surface area contributed by atoms with Crippen LogP contribution in [0.4, 0.5) is 5.69 Å². The van der Waals surface area contributed by atoms with Gasteiger partial charge in [-0.3, -0.25) is 10.1 Å². The molecule has 0 saturated heterocycles. The van der Waals surface area contributed by atoms with Crippen molar-refractivity contribution in [3.05, 3.63) is 75.3 Å². The molecule has 0 radical (unpaired) electrons. The zero-order valence-corrected chi connectivity index (χ0v) is 9.91. The Hall–Kier alpha value is -2.69. The van der Waals surface area contributed by atoms with Crippen LogP contribution < -0.4 is 5.11 Å². The van der Waals surface area contributed by atoms with Crippen LogP contribution >= 0.6 is 0 Å². The Bertz CT molecular complexity index is 620. The molecule has 0 amide bonds. The standard InChI is InChI=1S/C14H11NO4/c16-14(17)13-4-2-1-3-11(13)9-10-5-7-12(8-6-10)15(18)19/h1-8H,9H2,(H,16,17)/p-1. The lowest BCUT2D eigenvalue weighted by molar-refractivity contribution is -0.384. The second-order valence-electron chi connectivity index (χ2n) is 4.04. The minimum atomic E-state index is -1.22. The minimum absolute atomic E-state index is 0.0111. The zero-order valence-electron chi connectivity index (χ0n) is 9.91. The average molecular weight is 256 g/mol. The fraction of sp³-hybridized carbons (Fsp3) is 0.0714. The first-order valence-electron chi connectivity index (χ1n) is 5.60. The summed E-state index contributed by atoms with van der Waals surface area (Å²) in [6, 6.07) is 12.6. The molecule has 5 nitrogen and oxygen atoms in total. The maximum atomic E-state index is 11.0. The molecule has 0 aliphatic heterocycles. The number of benzene rings is 2. The van der Waals surface area contributed by atoms with Crippen molar-refractivity contribution in [3.8, 4) is 0 Å². The van der Waals surface area contributed by atoms with Crippen LogP contribution in [0.3, 0.4) is 0 Å². The first-order chi connectivity index (χ1) is 9.08. The van der Waals surface area contributed by atoms with Gasteiger partial charge in [-0.2, -0.15) is 0 Å². The molecule has 0 saturated carbocycles. The number of carbonyl (C=O) groups is 1. The number of carboxylic acids is 1. The van der Waals surface area contributed by atoms with Crippen LogP contribution in [0.25, 0.3) is 0 Å². The molecule has 0 spiro atoms. The van der Waals surface area contributed by atoms with E-state index in [0.717, 1.165) is 5.56 Å². The number of nitrogens with zero attached hydrogens (tertiary/aromatic N) is 1. The highest BCUT2D eigenvalue weighted by atomic mass is 16.6. The van der Waals surface area contributed by atoms with Crippen LogP contribution in [0.2, 0.25) is 0 Å². The summed E-state index contributed by atoms with van der Waals surface area (Å²) < 4.78 is 0. The number of rotatable bonds is 4. The summed E-state index contributed by atoms with van der Waals surface area (Å²) in [4.78, 5) is 21.0. The molecule has 96 valence electrons. The number of carboxylic acid groups (broad SMARTS) is 1. The average Bonchev–Trinajstić information content (AvgIpc) is 2.39. The third-order valence-electron chi connectivity index (χ3n) is 2.78. The topological polar surface area (TPSA) is 83.3 Å². The second-order valence-corrected chi connectivity index (χ2v) is 4.04. The van der Waals surface area contributed by atoms with Crippen molar-refractivity contribution in [2.75, 3.05) is 0 Å². The number of nitro groups is 1. The largest absolute Gasteiger partial charge is 0.545 e. The van der Waals surface area contributed by atoms with Gasteiger partial charge in [0.25, 0.3) is 5.69 Å². The molecule has 0 fully saturated rings. The molecule has 0 N–H and O–H groups in total. The van der Waals surface area contributed by atoms with Crippen LogP contribution in [0, 0.1) is 10.1 Å². The van der Waals surface area contributed by atoms with E-state index in [4.69, 9.17) is 0 Å². The summed E-state index contributed by atoms with van der Waals surface area (Å²) in [5.41, 5.74) is 1.58. The van der Waals surface area contributed by atoms with E-state index in [1.165, 1.54) is 18.2 Å². The Balaban J connectivity index is 2.26. The smallest absolute Gasteiger partial charge is 0.269 e. The van der Waals surface area contributed by atoms with E-state index in [2.05, 4.69) is 0 Å². The summed E-state index contributed by atoms with van der Waals surface area (Å²) in [5, 5.41) is 21.5. The number of hydrogen-bond acceptors (Lipinski definition) is 4. The maximum Gasteiger partial charge on any atom is 0.269 e. The van der Waals surface area contributed by atoms with Gasteiger partial charge >= 0.3 is 0 Å². The third kappa shape index (κ3) is 2.95. The van der Waals surface area contributed by atoms with Crippen molar-refractivity contribution >= 4 is 11.7 Å². The minimum Gasteiger partial charge on any atom is -0.545 e. The number of hydrogen-bond donors (Lipinski definition) is 0. The van der Waals surface area contributed by atoms with Crippen molar-refractivity contribution in [2.45, 2.75) is 6.42 Å². The molecule has 0 aliphatic carbocycles. The third-order valence-corrected chi connectivity index (χ3v) is 2.78. The molecule has 0 heterocycles. The van der Waals surface area contributed by atoms with Crippen LogP contribution in [0.1, 0.15) is 21.5 Å². The molecule has 2 rings (SSSR count). The SMILES string of the molecule is O=C([O-])c1ccccc1Cc1ccc([N+](=O)[O-])cc1. The lowest BCUT2D eigenvalue weighted by Crippen LogP contribution is -2.23. The highest BCUT2D eigenvalue weighted by molar-refractivity contribution is 5.87. The Kier molecular flexibility index (Phi) is 3.56. The Labute approximate surface area is 109 Å². The van der Waals surface area contributed by atoms with E-state index in [1.54, 1.807) is 30.3 Å². The summed E-state index contributed by atoms with van der Waals surface area (Å²) in [6.07, 6.45) is 0.391. The normalized spacial score (nSPS) is 10.1. The Morgan fingerprint density at radius 3 is 2.26 bits per heavy atom. The molecule has 0 bridgehead atoms. The molecule has 0 aliphatic rings. The first kappa shape index (κ1) is 12.8. The van der Waals surface area contributed by atoms with E-state index in [-0.39, 0.29) is 11.3 Å². The molecular formula is C14H10NO4-. The molecule has 0 atom stereocenters. The summed E-state index contributed by atoms with van der Waals surface area (Å²) in [6.45, 7) is 0. The molecule has 0 unspecified atom stereocenters. The van der Waals surface area contributed by atoms with E-state index >= 15 is 0 Å². The highest BCUT2D eigenvalue weighted by Gasteiger charge is 2.07. The lowest BCUT2D eigenvalue weighted by atomic mass is 10.00. The summed E-state index contributed by atoms with van der Waals surface area (Å²) in [7, 11) is 0. The monoisotopic (exact) mass is 256 g/mol. The Morgan fingerprint density at radius 1 is 1.05 bits per heavy atom. The molecule has 2 aromatic rings. The van der Waals surface area contributed by atoms with Gasteiger partial charge in [0.1, 0.15) is 0 Å². The molecule has 5 heteroatoms. The summed E-state index contributed by atoms with van der Waals surface area (Å²) >= 11 is 0. The number of non-ortho nitro benzene ring substituents is 1. The number of aromatic carboxylic acids is 1. The van der Waals surface area contributed by atoms with Crippen LogP contribution in [0.5, 0.6) is 0 Å². The molecule has 0 aromatic heterocycles. The maximum absolute atomic E-state index is 11.0. The van der Waals surface area contributed by atoms with E-state index in [9.17, 15) is 20.0 Å². The van der Waals surface area contributed by atoms with E-state index < -0.39 is 10.9 Å². The quantitative estimate of drug-likeness (QED) is 0.613. The molecule has 2 aromatic carbocycles. The predicted octanol–water partition coefficient (Wildman–Crippen LogP) is 1.55. The Morgan fingerprint density at radius 2 is 1.68 bits per heavy atom. The van der Waals surface area contributed by atoms with Gasteiger partial charge in [-0.05, 0) is 17.5 Å². The van der Waals surface area contributed by atoms with Crippen molar-refractivity contribution in [2.24, 2.45) is 0 Å². The number of carbonyl (C=O) groups excluding carboxylic acids is 1. The van der Waals surface area contributed by atoms with Gasteiger partial charge in [-0.25, -0.2) is 0 Å². The van der Waals surface area contributed by atoms with Crippen LogP contribution in [-0.2, 0) is 6.42 Å². The molecule has 19 heavy (non-hydrogen) atoms. The van der Waals surface area contributed by atoms with Gasteiger partial charge in [0, 0.05) is 17.7 Å². The van der Waals surface area contributed by atoms with E-state index in [1.807, 2.05) is 0 Å². The van der Waals surface area contributed by atoms with Crippen LogP contribution in [0.15, 0.2) is 48.5 Å². The number of nitro benzene ring substituents is 1. The van der Waals surface area contributed by atoms with Gasteiger partial charge in [-0.1, -0.05) is 36.4 Å². The van der Waals surface area contributed by atoms with Crippen molar-refractivity contribution in [1.29, 1.82) is 0 Å². The first-order valence-corrected chi connectivity index (χ1v) is 5.60. The van der Waals surface area contributed by atoms with Gasteiger partial charge < -0.3 is 9.90 Å². The summed E-state index contributed by atoms with van der Waals surface area (Å²) in [5.74, 6) is -1.22. The van der Waals surface area contributed by atoms with Crippen molar-refractivity contribution < 1.29 is 14.8 Å². The second kappa shape index (κ2) is 5.30. The lowest BCUT2D eigenvalue weighted by Gasteiger charge is -2.10. The zero-order chi connectivity index (χ0) is 13.8. The molecular weight excluding hydrogens is 246 g/mol. The van der Waals surface area contributed by atoms with E-state index in [0.29, 0.717) is 12.0 Å². The van der Waals surface area contributed by atoms with Crippen molar-refractivity contribution in [3.63, 3.8) is 0 Å². The van der Waals surface area contributed by atoms with Gasteiger partial charge in [-0.15, -0.1) is 0 Å². The van der Waals surface area contributed by atoms with Gasteiger partial charge in [0.2, 0.25) is 0 Å². The van der Waals surface area contributed by atoms with Crippen LogP contribution in [-0.4, -0.2) is 10.9 Å². The fourth-order valence-electron chi connectivity index (χ4n) is 1.83. The fourth-order valence-corrected chi connectivity index (χ4v) is 1.83. The van der Waals surface area contributed by atoms with Gasteiger partial charge in [0.15, 0.2) is 0 Å². The van der Waals surface area contributed by atoms with Crippen molar-refractivity contribution in [1.82, 2.24) is 0 Å². The van der Waals surface area contributed by atoms with Gasteiger partial charge in [0.05, 0.1) is 10.9 Å². The highest BCUT2D eigenvalue weighted by Crippen LogP contribution is 2.17. The predicted molar refractivity (Wildman–Crippen MR) is 66.7 cm³/mol.